The van der Waals surface area contributed by atoms with Crippen molar-refractivity contribution in [2.24, 2.45) is 16.8 Å². The van der Waals surface area contributed by atoms with Crippen LogP contribution in [0.2, 0.25) is 4.34 Å². The second kappa shape index (κ2) is 16.9. The Balaban J connectivity index is 0.000000197. The molecule has 0 atom stereocenters. The number of carbonyl (C=O) groups is 2. The number of primary amides is 1. The quantitative estimate of drug-likeness (QED) is 0.292. The molecule has 0 bridgehead atoms. The number of thiophene rings is 1. The van der Waals surface area contributed by atoms with Crippen LogP contribution in [-0.2, 0) is 9.59 Å². The van der Waals surface area contributed by atoms with Crippen molar-refractivity contribution in [1.29, 1.82) is 0 Å². The van der Waals surface area contributed by atoms with E-state index in [0.29, 0.717) is 23.6 Å². The number of aromatic nitrogens is 1. The van der Waals surface area contributed by atoms with Gasteiger partial charge < -0.3 is 15.2 Å². The molecular weight excluding hydrogens is 532 g/mol. The molecule has 2 fully saturated rings. The summed E-state index contributed by atoms with van der Waals surface area (Å²) in [5.41, 5.74) is 5.20. The van der Waals surface area contributed by atoms with Crippen molar-refractivity contribution < 1.29 is 13.8 Å². The van der Waals surface area contributed by atoms with E-state index in [1.54, 1.807) is 52.4 Å². The Morgan fingerprint density at radius 1 is 1.05 bits per heavy atom. The predicted molar refractivity (Wildman–Crippen MR) is 152 cm³/mol. The van der Waals surface area contributed by atoms with Gasteiger partial charge in [-0.05, 0) is 73.5 Å². The van der Waals surface area contributed by atoms with Crippen LogP contribution in [0.15, 0.2) is 71.0 Å². The minimum absolute atomic E-state index is 0.0654. The monoisotopic (exact) mass is 564 g/mol. The van der Waals surface area contributed by atoms with Crippen molar-refractivity contribution in [3.05, 3.63) is 80.9 Å². The minimum Gasteiger partial charge on any atom is -0.410 e. The first-order valence-corrected chi connectivity index (χ1v) is 13.9. The number of rotatable bonds is 5. The Bertz CT molecular complexity index is 1130. The van der Waals surface area contributed by atoms with Crippen LogP contribution in [0, 0.1) is 5.92 Å². The molecule has 0 radical (unpaired) electrons. The topological polar surface area (TPSA) is 129 Å². The van der Waals surface area contributed by atoms with Crippen molar-refractivity contribution >= 4 is 47.0 Å². The highest BCUT2D eigenvalue weighted by Gasteiger charge is 2.28. The molecule has 2 amide bonds. The van der Waals surface area contributed by atoms with Crippen LogP contribution in [0.5, 0.6) is 5.75 Å². The molecule has 8 nitrogen and oxygen atoms in total. The molecule has 11 heteroatoms. The standard InChI is InChI=1S/C11H10N2O2S.C9H15NO.C4H3ClS.C2H5NO/c12-16-15-10-6-4-9(5-7-10)13-8-2-1-3-11(13)14;11-9(10-8-5-6-8)7-3-1-2-4-7;5-4-2-1-3-6-4;1-2(3)4/h1-8H,12H2;7-8H,1-6H2,(H,10,11);1-3H;1H3,(H2,3,4). The third-order valence-corrected chi connectivity index (χ3v) is 6.55. The fourth-order valence-electron chi connectivity index (χ4n) is 3.35. The molecule has 2 aliphatic rings. The maximum absolute atomic E-state index is 11.5. The summed E-state index contributed by atoms with van der Waals surface area (Å²) in [6.45, 7) is 1.31. The summed E-state index contributed by atoms with van der Waals surface area (Å²) in [7, 11) is 0. The Morgan fingerprint density at radius 2 is 1.70 bits per heavy atom. The lowest BCUT2D eigenvalue weighted by atomic mass is 10.1. The molecule has 0 saturated heterocycles. The van der Waals surface area contributed by atoms with Gasteiger partial charge in [-0.1, -0.05) is 30.5 Å². The van der Waals surface area contributed by atoms with E-state index in [1.807, 2.05) is 23.6 Å². The first-order chi connectivity index (χ1) is 17.8. The molecule has 200 valence electrons. The number of amides is 2. The highest BCUT2D eigenvalue weighted by Crippen LogP contribution is 2.27. The minimum atomic E-state index is -0.333. The normalized spacial score (nSPS) is 14.0. The number of nitrogens with two attached hydrogens (primary N) is 2. The third kappa shape index (κ3) is 12.8. The summed E-state index contributed by atoms with van der Waals surface area (Å²) in [5, 5.41) is 10.2. The van der Waals surface area contributed by atoms with E-state index >= 15 is 0 Å². The van der Waals surface area contributed by atoms with E-state index in [9.17, 15) is 14.4 Å². The van der Waals surface area contributed by atoms with Crippen molar-refractivity contribution in [3.63, 3.8) is 0 Å². The number of benzene rings is 1. The van der Waals surface area contributed by atoms with Crippen LogP contribution in [-0.4, -0.2) is 22.4 Å². The number of carbonyl (C=O) groups excluding carboxylic acids is 2. The first-order valence-electron chi connectivity index (χ1n) is 11.9. The van der Waals surface area contributed by atoms with Crippen LogP contribution in [0.4, 0.5) is 0 Å². The van der Waals surface area contributed by atoms with Gasteiger partial charge in [0, 0.05) is 36.8 Å². The molecule has 2 aromatic heterocycles. The smallest absolute Gasteiger partial charge is 0.255 e. The molecule has 5 N–H and O–H groups in total. The molecule has 37 heavy (non-hydrogen) atoms. The number of hydrogen-bond acceptors (Lipinski definition) is 7. The molecule has 2 saturated carbocycles. The number of pyridine rings is 1. The van der Waals surface area contributed by atoms with Gasteiger partial charge in [0.2, 0.25) is 11.8 Å². The summed E-state index contributed by atoms with van der Waals surface area (Å²) in [5.74, 6) is 1.00. The van der Waals surface area contributed by atoms with Gasteiger partial charge >= 0.3 is 0 Å². The molecule has 5 rings (SSSR count). The highest BCUT2D eigenvalue weighted by atomic mass is 35.5. The molecule has 1 aromatic carbocycles. The maximum Gasteiger partial charge on any atom is 0.255 e. The predicted octanol–water partition coefficient (Wildman–Crippen LogP) is 5.09. The lowest BCUT2D eigenvalue weighted by Crippen LogP contribution is -2.30. The Kier molecular flexibility index (Phi) is 13.9. The highest BCUT2D eigenvalue weighted by molar-refractivity contribution is 7.92. The van der Waals surface area contributed by atoms with Crippen molar-refractivity contribution in [3.8, 4) is 11.4 Å². The molecule has 0 aliphatic heterocycles. The zero-order valence-electron chi connectivity index (χ0n) is 20.7. The Hall–Kier alpha value is -2.79. The fraction of sp³-hybridized carbons (Fsp3) is 0.346. The summed E-state index contributed by atoms with van der Waals surface area (Å²) in [6.07, 6.45) is 8.88. The molecule has 3 aromatic rings. The fourth-order valence-corrected chi connectivity index (χ4v) is 4.25. The van der Waals surface area contributed by atoms with Gasteiger partial charge in [0.25, 0.3) is 5.56 Å². The van der Waals surface area contributed by atoms with Crippen LogP contribution >= 0.6 is 35.2 Å². The van der Waals surface area contributed by atoms with Gasteiger partial charge in [0.15, 0.2) is 0 Å². The molecule has 2 heterocycles. The van der Waals surface area contributed by atoms with Crippen molar-refractivity contribution in [1.82, 2.24) is 9.88 Å². The lowest BCUT2D eigenvalue weighted by Gasteiger charge is -2.08. The van der Waals surface area contributed by atoms with Crippen molar-refractivity contribution in [2.45, 2.75) is 51.5 Å². The van der Waals surface area contributed by atoms with Crippen LogP contribution in [0.25, 0.3) is 5.69 Å². The zero-order valence-corrected chi connectivity index (χ0v) is 23.1. The summed E-state index contributed by atoms with van der Waals surface area (Å²) in [6, 6.07) is 16.5. The maximum atomic E-state index is 11.5. The third-order valence-electron chi connectivity index (χ3n) is 5.22. The number of halogens is 1. The second-order valence-electron chi connectivity index (χ2n) is 8.37. The molecule has 0 spiro atoms. The van der Waals surface area contributed by atoms with E-state index in [4.69, 9.17) is 20.9 Å². The van der Waals surface area contributed by atoms with E-state index in [2.05, 4.69) is 11.1 Å². The average Bonchev–Trinajstić information content (AvgIpc) is 3.30. The molecule has 0 unspecified atom stereocenters. The average molecular weight is 565 g/mol. The van der Waals surface area contributed by atoms with Gasteiger partial charge in [-0.3, -0.25) is 19.0 Å². The van der Waals surface area contributed by atoms with Gasteiger partial charge in [-0.2, -0.15) is 0 Å². The summed E-state index contributed by atoms with van der Waals surface area (Å²) < 4.78 is 7.45. The largest absolute Gasteiger partial charge is 0.410 e. The van der Waals surface area contributed by atoms with Crippen LogP contribution in [0.3, 0.4) is 0 Å². The van der Waals surface area contributed by atoms with E-state index < -0.39 is 0 Å². The number of nitrogens with one attached hydrogen (secondary N) is 1. The van der Waals surface area contributed by atoms with Crippen LogP contribution < -0.4 is 25.9 Å². The van der Waals surface area contributed by atoms with Crippen molar-refractivity contribution in [2.75, 3.05) is 0 Å². The van der Waals surface area contributed by atoms with E-state index in [1.165, 1.54) is 38.7 Å². The number of nitrogens with zero attached hydrogens (tertiary/aromatic N) is 1. The van der Waals surface area contributed by atoms with Crippen LogP contribution in [0.1, 0.15) is 45.4 Å². The zero-order chi connectivity index (χ0) is 27.0. The Morgan fingerprint density at radius 3 is 2.16 bits per heavy atom. The lowest BCUT2D eigenvalue weighted by molar-refractivity contribution is -0.125. The summed E-state index contributed by atoms with van der Waals surface area (Å²) in [4.78, 5) is 32.1. The van der Waals surface area contributed by atoms with Gasteiger partial charge in [0.1, 0.15) is 18.0 Å². The SMILES string of the molecule is CC(N)=O.Clc1cccs1.NSOc1ccc(-n2ccccc2=O)cc1.O=C(NC1CC1)C1CCCC1. The van der Waals surface area contributed by atoms with E-state index in [0.717, 1.165) is 35.1 Å². The first kappa shape index (κ1) is 30.4. The van der Waals surface area contributed by atoms with E-state index in [-0.39, 0.29) is 11.5 Å². The molecular formula is C26H33ClN4O4S2. The van der Waals surface area contributed by atoms with Gasteiger partial charge in [-0.15, -0.1) is 11.3 Å². The summed E-state index contributed by atoms with van der Waals surface area (Å²) >= 11 is 7.81. The Labute approximate surface area is 230 Å². The van der Waals surface area contributed by atoms with Gasteiger partial charge in [-0.25, -0.2) is 5.14 Å². The molecule has 2 aliphatic carbocycles. The van der Waals surface area contributed by atoms with Gasteiger partial charge in [0.05, 0.1) is 4.34 Å². The number of hydrogen-bond donors (Lipinski definition) is 3. The second-order valence-corrected chi connectivity index (χ2v) is 10.3.